The summed E-state index contributed by atoms with van der Waals surface area (Å²) in [6, 6.07) is 5.49. The molecule has 0 unspecified atom stereocenters. The van der Waals surface area contributed by atoms with Gasteiger partial charge in [0.2, 0.25) is 0 Å². The Kier molecular flexibility index (Phi) is 6.06. The number of piperazine rings is 1. The average molecular weight is 322 g/mol. The fraction of sp³-hybridized carbons (Fsp3) is 0.400. The van der Waals surface area contributed by atoms with E-state index in [0.717, 1.165) is 38.2 Å². The number of nitrogens with zero attached hydrogens (tertiary/aromatic N) is 3. The predicted octanol–water partition coefficient (Wildman–Crippen LogP) is 0.687. The van der Waals surface area contributed by atoms with Crippen LogP contribution < -0.4 is 10.6 Å². The molecule has 1 aromatic carbocycles. The molecule has 1 saturated heterocycles. The van der Waals surface area contributed by atoms with Crippen molar-refractivity contribution in [1.82, 2.24) is 25.5 Å². The zero-order valence-corrected chi connectivity index (χ0v) is 13.1. The van der Waals surface area contributed by atoms with E-state index < -0.39 is 0 Å². The van der Waals surface area contributed by atoms with Gasteiger partial charge in [-0.2, -0.15) is 0 Å². The van der Waals surface area contributed by atoms with Crippen LogP contribution in [0.5, 0.6) is 0 Å². The van der Waals surface area contributed by atoms with Gasteiger partial charge in [0, 0.05) is 51.7 Å². The molecule has 0 aliphatic carbocycles. The van der Waals surface area contributed by atoms with E-state index in [1.165, 1.54) is 0 Å². The first-order valence-electron chi connectivity index (χ1n) is 7.25. The Morgan fingerprint density at radius 2 is 2.00 bits per heavy atom. The first-order valence-corrected chi connectivity index (χ1v) is 7.25. The molecule has 2 N–H and O–H groups in total. The summed E-state index contributed by atoms with van der Waals surface area (Å²) >= 11 is 0. The van der Waals surface area contributed by atoms with Crippen molar-refractivity contribution < 1.29 is 4.79 Å². The Morgan fingerprint density at radius 1 is 1.23 bits per heavy atom. The molecule has 1 aliphatic heterocycles. The summed E-state index contributed by atoms with van der Waals surface area (Å²) in [5.41, 5.74) is 1.98. The molecule has 1 aromatic heterocycles. The summed E-state index contributed by atoms with van der Waals surface area (Å²) in [7, 11) is 0. The zero-order valence-electron chi connectivity index (χ0n) is 12.3. The first-order chi connectivity index (χ1) is 10.3. The maximum absolute atomic E-state index is 12.3. The van der Waals surface area contributed by atoms with Crippen molar-refractivity contribution >= 4 is 29.3 Å². The summed E-state index contributed by atoms with van der Waals surface area (Å²) in [4.78, 5) is 23.1. The van der Waals surface area contributed by atoms with Gasteiger partial charge in [-0.15, -0.1) is 12.4 Å². The largest absolute Gasteiger partial charge is 0.351 e. The van der Waals surface area contributed by atoms with E-state index in [-0.39, 0.29) is 18.3 Å². The minimum Gasteiger partial charge on any atom is -0.351 e. The SMILES string of the molecule is Cl.O=C(NCCN1CCNCC1)c1cccc2nccnc12. The normalized spacial score (nSPS) is 15.3. The van der Waals surface area contributed by atoms with E-state index in [2.05, 4.69) is 25.5 Å². The molecule has 7 heteroatoms. The molecule has 0 spiro atoms. The quantitative estimate of drug-likeness (QED) is 0.867. The van der Waals surface area contributed by atoms with Crippen LogP contribution in [0.25, 0.3) is 11.0 Å². The molecule has 2 aromatic rings. The molecular weight excluding hydrogens is 302 g/mol. The highest BCUT2D eigenvalue weighted by atomic mass is 35.5. The fourth-order valence-electron chi connectivity index (χ4n) is 2.53. The summed E-state index contributed by atoms with van der Waals surface area (Å²) < 4.78 is 0. The standard InChI is InChI=1S/C15H19N5O.ClH/c21-15(19-8-11-20-9-6-16-7-10-20)12-2-1-3-13-14(12)18-5-4-17-13;/h1-5,16H,6-11H2,(H,19,21);1H. The third-order valence-electron chi connectivity index (χ3n) is 3.67. The number of carbonyl (C=O) groups excluding carboxylic acids is 1. The van der Waals surface area contributed by atoms with E-state index in [1.54, 1.807) is 18.5 Å². The molecule has 0 bridgehead atoms. The number of carbonyl (C=O) groups is 1. The number of halogens is 1. The topological polar surface area (TPSA) is 70.2 Å². The highest BCUT2D eigenvalue weighted by Gasteiger charge is 2.12. The van der Waals surface area contributed by atoms with Gasteiger partial charge in [0.15, 0.2) is 0 Å². The lowest BCUT2D eigenvalue weighted by atomic mass is 10.1. The summed E-state index contributed by atoms with van der Waals surface area (Å²) in [5.74, 6) is -0.0868. The number of hydrogen-bond acceptors (Lipinski definition) is 5. The lowest BCUT2D eigenvalue weighted by Crippen LogP contribution is -2.46. The third-order valence-corrected chi connectivity index (χ3v) is 3.67. The molecule has 0 atom stereocenters. The highest BCUT2D eigenvalue weighted by molar-refractivity contribution is 6.04. The van der Waals surface area contributed by atoms with Crippen LogP contribution >= 0.6 is 12.4 Å². The van der Waals surface area contributed by atoms with Crippen LogP contribution in [0.3, 0.4) is 0 Å². The fourth-order valence-corrected chi connectivity index (χ4v) is 2.53. The lowest BCUT2D eigenvalue weighted by Gasteiger charge is -2.27. The molecule has 6 nitrogen and oxygen atoms in total. The second kappa shape index (κ2) is 8.03. The first kappa shape index (κ1) is 16.6. The van der Waals surface area contributed by atoms with Crippen molar-refractivity contribution in [3.05, 3.63) is 36.2 Å². The van der Waals surface area contributed by atoms with Gasteiger partial charge in [-0.3, -0.25) is 19.7 Å². The van der Waals surface area contributed by atoms with Crippen LogP contribution in [0.4, 0.5) is 0 Å². The van der Waals surface area contributed by atoms with E-state index in [0.29, 0.717) is 17.6 Å². The van der Waals surface area contributed by atoms with Gasteiger partial charge in [0.25, 0.3) is 5.91 Å². The van der Waals surface area contributed by atoms with Crippen LogP contribution in [0.1, 0.15) is 10.4 Å². The van der Waals surface area contributed by atoms with Crippen LogP contribution in [0, 0.1) is 0 Å². The Hall–Kier alpha value is -1.76. The van der Waals surface area contributed by atoms with Gasteiger partial charge >= 0.3 is 0 Å². The molecule has 0 radical (unpaired) electrons. The molecule has 118 valence electrons. The van der Waals surface area contributed by atoms with Gasteiger partial charge in [0.05, 0.1) is 11.1 Å². The van der Waals surface area contributed by atoms with Crippen molar-refractivity contribution in [3.63, 3.8) is 0 Å². The van der Waals surface area contributed by atoms with Gasteiger partial charge in [-0.25, -0.2) is 0 Å². The third kappa shape index (κ3) is 3.91. The van der Waals surface area contributed by atoms with E-state index in [1.807, 2.05) is 12.1 Å². The predicted molar refractivity (Wildman–Crippen MR) is 88.4 cm³/mol. The number of para-hydroxylation sites is 1. The molecular formula is C15H20ClN5O. The average Bonchev–Trinajstić information content (AvgIpc) is 2.55. The minimum absolute atomic E-state index is 0. The monoisotopic (exact) mass is 321 g/mol. The second-order valence-corrected chi connectivity index (χ2v) is 5.08. The number of fused-ring (bicyclic) bond motifs is 1. The van der Waals surface area contributed by atoms with Crippen LogP contribution in [-0.4, -0.2) is 60.0 Å². The van der Waals surface area contributed by atoms with Gasteiger partial charge < -0.3 is 10.6 Å². The smallest absolute Gasteiger partial charge is 0.253 e. The summed E-state index contributed by atoms with van der Waals surface area (Å²) in [6.07, 6.45) is 3.24. The van der Waals surface area contributed by atoms with Crippen molar-refractivity contribution in [2.45, 2.75) is 0 Å². The van der Waals surface area contributed by atoms with Crippen molar-refractivity contribution in [1.29, 1.82) is 0 Å². The van der Waals surface area contributed by atoms with Crippen LogP contribution in [-0.2, 0) is 0 Å². The minimum atomic E-state index is -0.0868. The Labute approximate surface area is 135 Å². The summed E-state index contributed by atoms with van der Waals surface area (Å²) in [6.45, 7) is 5.64. The van der Waals surface area contributed by atoms with E-state index >= 15 is 0 Å². The van der Waals surface area contributed by atoms with Crippen LogP contribution in [0.15, 0.2) is 30.6 Å². The Bertz CT molecular complexity index is 625. The number of aromatic nitrogens is 2. The van der Waals surface area contributed by atoms with Crippen LogP contribution in [0.2, 0.25) is 0 Å². The van der Waals surface area contributed by atoms with E-state index in [4.69, 9.17) is 0 Å². The number of hydrogen-bond donors (Lipinski definition) is 2. The van der Waals surface area contributed by atoms with E-state index in [9.17, 15) is 4.79 Å². The molecule has 3 rings (SSSR count). The number of nitrogens with one attached hydrogen (secondary N) is 2. The maximum Gasteiger partial charge on any atom is 0.253 e. The highest BCUT2D eigenvalue weighted by Crippen LogP contribution is 2.13. The molecule has 1 amide bonds. The van der Waals surface area contributed by atoms with Crippen molar-refractivity contribution in [2.75, 3.05) is 39.3 Å². The van der Waals surface area contributed by atoms with Gasteiger partial charge in [-0.1, -0.05) is 6.07 Å². The second-order valence-electron chi connectivity index (χ2n) is 5.08. The molecule has 2 heterocycles. The zero-order chi connectivity index (χ0) is 14.5. The maximum atomic E-state index is 12.3. The number of amides is 1. The molecule has 22 heavy (non-hydrogen) atoms. The van der Waals surface area contributed by atoms with Crippen molar-refractivity contribution in [3.8, 4) is 0 Å². The van der Waals surface area contributed by atoms with Crippen molar-refractivity contribution in [2.24, 2.45) is 0 Å². The summed E-state index contributed by atoms with van der Waals surface area (Å²) in [5, 5.41) is 6.29. The number of rotatable bonds is 4. The molecule has 1 fully saturated rings. The Morgan fingerprint density at radius 3 is 2.82 bits per heavy atom. The van der Waals surface area contributed by atoms with Gasteiger partial charge in [0.1, 0.15) is 5.52 Å². The Balaban J connectivity index is 0.00000176. The van der Waals surface area contributed by atoms with Gasteiger partial charge in [-0.05, 0) is 12.1 Å². The lowest BCUT2D eigenvalue weighted by molar-refractivity contribution is 0.0948. The molecule has 1 aliphatic rings. The molecule has 0 saturated carbocycles. The number of benzene rings is 1.